The van der Waals surface area contributed by atoms with Gasteiger partial charge in [0, 0.05) is 29.7 Å². The molecule has 126 valence electrons. The van der Waals surface area contributed by atoms with Gasteiger partial charge in [0.2, 0.25) is 0 Å². The number of nitrogens with zero attached hydrogens (tertiary/aromatic N) is 4. The Balaban J connectivity index is 0.00000169. The van der Waals surface area contributed by atoms with Crippen LogP contribution in [0.15, 0.2) is 33.5 Å². The molecular formula is C16H17BrClN5O. The number of nitrogens with one attached hydrogen (secondary N) is 1. The standard InChI is InChI=1S/C16H16BrN5O.ClH/c1-3-11-8-22-15(18-11)12-14(21(2)16(22)23)20-13(19-12)9-4-6-10(17)7-5-9;/h4-7,11,18H,3,8H2,1-2H3;1H. The van der Waals surface area contributed by atoms with E-state index in [0.717, 1.165) is 28.0 Å². The molecular weight excluding hydrogens is 394 g/mol. The van der Waals surface area contributed by atoms with E-state index in [-0.39, 0.29) is 24.1 Å². The lowest BCUT2D eigenvalue weighted by Gasteiger charge is -2.10. The Bertz CT molecular complexity index is 918. The number of aromatic nitrogens is 4. The first kappa shape index (κ1) is 17.0. The number of benzene rings is 1. The molecule has 1 unspecified atom stereocenters. The van der Waals surface area contributed by atoms with Gasteiger partial charge in [0.05, 0.1) is 0 Å². The zero-order valence-corrected chi connectivity index (χ0v) is 15.7. The van der Waals surface area contributed by atoms with Crippen LogP contribution in [0.2, 0.25) is 0 Å². The Kier molecular flexibility index (Phi) is 4.40. The molecule has 1 aromatic rings. The van der Waals surface area contributed by atoms with Crippen LogP contribution in [0.1, 0.15) is 13.3 Å². The maximum Gasteiger partial charge on any atom is 0.331 e. The molecule has 0 fully saturated rings. The Hall–Kier alpha value is -1.86. The summed E-state index contributed by atoms with van der Waals surface area (Å²) in [6, 6.07) is 8.11. The van der Waals surface area contributed by atoms with Crippen molar-refractivity contribution in [2.24, 2.45) is 7.05 Å². The quantitative estimate of drug-likeness (QED) is 0.705. The Morgan fingerprint density at radius 1 is 1.29 bits per heavy atom. The Morgan fingerprint density at radius 2 is 2.00 bits per heavy atom. The third kappa shape index (κ3) is 2.52. The minimum atomic E-state index is -0.0572. The molecule has 3 aliphatic heterocycles. The lowest BCUT2D eigenvalue weighted by atomic mass is 10.2. The fourth-order valence-corrected chi connectivity index (χ4v) is 3.22. The first-order valence-corrected chi connectivity index (χ1v) is 8.37. The van der Waals surface area contributed by atoms with Gasteiger partial charge in [0.25, 0.3) is 0 Å². The topological polar surface area (TPSA) is 64.7 Å². The fourth-order valence-electron chi connectivity index (χ4n) is 2.96. The second kappa shape index (κ2) is 6.22. The van der Waals surface area contributed by atoms with E-state index < -0.39 is 0 Å². The van der Waals surface area contributed by atoms with E-state index in [0.29, 0.717) is 18.2 Å². The number of fused-ring (bicyclic) bond motifs is 3. The van der Waals surface area contributed by atoms with Crippen LogP contribution in [0, 0.1) is 0 Å². The maximum absolute atomic E-state index is 12.5. The number of halogens is 2. The summed E-state index contributed by atoms with van der Waals surface area (Å²) in [7, 11) is 1.75. The van der Waals surface area contributed by atoms with Gasteiger partial charge >= 0.3 is 5.69 Å². The van der Waals surface area contributed by atoms with E-state index >= 15 is 0 Å². The van der Waals surface area contributed by atoms with Gasteiger partial charge in [0.15, 0.2) is 11.6 Å². The van der Waals surface area contributed by atoms with Gasteiger partial charge < -0.3 is 5.32 Å². The van der Waals surface area contributed by atoms with Gasteiger partial charge in [-0.3, -0.25) is 9.13 Å². The molecule has 24 heavy (non-hydrogen) atoms. The second-order valence-corrected chi connectivity index (χ2v) is 6.69. The van der Waals surface area contributed by atoms with Gasteiger partial charge in [-0.15, -0.1) is 12.4 Å². The van der Waals surface area contributed by atoms with Crippen LogP contribution in [0.25, 0.3) is 22.9 Å². The van der Waals surface area contributed by atoms with E-state index in [1.54, 1.807) is 16.2 Å². The highest BCUT2D eigenvalue weighted by atomic mass is 79.9. The van der Waals surface area contributed by atoms with Crippen LogP contribution in [0.5, 0.6) is 0 Å². The van der Waals surface area contributed by atoms with E-state index in [9.17, 15) is 4.79 Å². The highest BCUT2D eigenvalue weighted by molar-refractivity contribution is 9.10. The van der Waals surface area contributed by atoms with E-state index in [2.05, 4.69) is 38.1 Å². The van der Waals surface area contributed by atoms with Crippen molar-refractivity contribution in [3.8, 4) is 22.9 Å². The van der Waals surface area contributed by atoms with Crippen molar-refractivity contribution in [2.45, 2.75) is 25.9 Å². The van der Waals surface area contributed by atoms with Crippen LogP contribution in [-0.4, -0.2) is 25.1 Å². The summed E-state index contributed by atoms with van der Waals surface area (Å²) in [5.74, 6) is 2.03. The van der Waals surface area contributed by atoms with Crippen LogP contribution in [0.3, 0.4) is 0 Å². The normalized spacial score (nSPS) is 15.9. The van der Waals surface area contributed by atoms with Gasteiger partial charge in [-0.1, -0.05) is 35.0 Å². The predicted molar refractivity (Wildman–Crippen MR) is 100.0 cm³/mol. The molecule has 1 atom stereocenters. The number of hydrogen-bond donors (Lipinski definition) is 1. The zero-order chi connectivity index (χ0) is 16.1. The number of rotatable bonds is 2. The first-order valence-electron chi connectivity index (χ1n) is 7.58. The summed E-state index contributed by atoms with van der Waals surface area (Å²) in [4.78, 5) is 21.8. The lowest BCUT2D eigenvalue weighted by Crippen LogP contribution is -2.30. The Morgan fingerprint density at radius 3 is 2.67 bits per heavy atom. The molecule has 0 amide bonds. The summed E-state index contributed by atoms with van der Waals surface area (Å²) >= 11 is 3.43. The third-order valence-electron chi connectivity index (χ3n) is 4.31. The minimum Gasteiger partial charge on any atom is -0.365 e. The first-order chi connectivity index (χ1) is 11.1. The van der Waals surface area contributed by atoms with Crippen molar-refractivity contribution < 1.29 is 0 Å². The maximum atomic E-state index is 12.5. The molecule has 0 bridgehead atoms. The lowest BCUT2D eigenvalue weighted by molar-refractivity contribution is 0.590. The average Bonchev–Trinajstić information content (AvgIpc) is 3.17. The van der Waals surface area contributed by atoms with Crippen LogP contribution in [-0.2, 0) is 13.6 Å². The average molecular weight is 411 g/mol. The van der Waals surface area contributed by atoms with Crippen LogP contribution in [0.4, 0.5) is 5.82 Å². The van der Waals surface area contributed by atoms with E-state index in [1.807, 2.05) is 24.3 Å². The molecule has 8 heteroatoms. The monoisotopic (exact) mass is 409 g/mol. The van der Waals surface area contributed by atoms with Crippen LogP contribution >= 0.6 is 28.3 Å². The zero-order valence-electron chi connectivity index (χ0n) is 13.3. The molecule has 0 saturated carbocycles. The fraction of sp³-hybridized carbons (Fsp3) is 0.312. The number of anilines is 1. The number of imidazole rings is 1. The van der Waals surface area contributed by atoms with Crippen molar-refractivity contribution in [1.82, 2.24) is 19.1 Å². The molecule has 0 spiro atoms. The molecule has 4 rings (SSSR count). The third-order valence-corrected chi connectivity index (χ3v) is 4.84. The smallest absolute Gasteiger partial charge is 0.331 e. The van der Waals surface area contributed by atoms with Crippen molar-refractivity contribution >= 4 is 34.2 Å². The SMILES string of the molecule is CCC1Cn2c(c3nc(-c4ccc(Br)cc4)nc-3n(C)c2=O)N1.Cl. The van der Waals surface area contributed by atoms with Crippen molar-refractivity contribution in [2.75, 3.05) is 5.32 Å². The van der Waals surface area contributed by atoms with Crippen molar-refractivity contribution in [3.63, 3.8) is 0 Å². The van der Waals surface area contributed by atoms with Crippen molar-refractivity contribution in [3.05, 3.63) is 39.2 Å². The Labute approximate surface area is 153 Å². The molecule has 3 heterocycles. The summed E-state index contributed by atoms with van der Waals surface area (Å²) < 4.78 is 4.35. The highest BCUT2D eigenvalue weighted by Crippen LogP contribution is 2.33. The molecule has 0 radical (unpaired) electrons. The summed E-state index contributed by atoms with van der Waals surface area (Å²) in [6.07, 6.45) is 0.958. The summed E-state index contributed by atoms with van der Waals surface area (Å²) in [5.41, 5.74) is 1.62. The second-order valence-electron chi connectivity index (χ2n) is 5.78. The largest absolute Gasteiger partial charge is 0.365 e. The van der Waals surface area contributed by atoms with Gasteiger partial charge in [-0.05, 0) is 18.6 Å². The van der Waals surface area contributed by atoms with Gasteiger partial charge in [0.1, 0.15) is 11.5 Å². The molecule has 0 aliphatic carbocycles. The molecule has 6 nitrogen and oxygen atoms in total. The predicted octanol–water partition coefficient (Wildman–Crippen LogP) is 3.14. The molecule has 1 aromatic carbocycles. The molecule has 0 aromatic heterocycles. The number of hydrogen-bond acceptors (Lipinski definition) is 4. The molecule has 3 aliphatic rings. The summed E-state index contributed by atoms with van der Waals surface area (Å²) in [5, 5.41) is 3.41. The molecule has 1 N–H and O–H groups in total. The molecule has 0 saturated heterocycles. The van der Waals surface area contributed by atoms with Gasteiger partial charge in [-0.2, -0.15) is 0 Å². The van der Waals surface area contributed by atoms with Gasteiger partial charge in [-0.25, -0.2) is 14.8 Å². The van der Waals surface area contributed by atoms with E-state index in [4.69, 9.17) is 0 Å². The van der Waals surface area contributed by atoms with Crippen molar-refractivity contribution in [1.29, 1.82) is 0 Å². The van der Waals surface area contributed by atoms with Crippen LogP contribution < -0.4 is 11.0 Å². The van der Waals surface area contributed by atoms with E-state index in [1.165, 1.54) is 0 Å². The summed E-state index contributed by atoms with van der Waals surface area (Å²) in [6.45, 7) is 2.78. The minimum absolute atomic E-state index is 0. The highest BCUT2D eigenvalue weighted by Gasteiger charge is 2.30.